The number of H-pyrrole nitrogens is 1. The minimum atomic E-state index is 1.10. The van der Waals surface area contributed by atoms with Gasteiger partial charge in [-0.1, -0.05) is 19.9 Å². The fourth-order valence-electron chi connectivity index (χ4n) is 1.74. The van der Waals surface area contributed by atoms with Crippen molar-refractivity contribution in [2.45, 2.75) is 26.7 Å². The van der Waals surface area contributed by atoms with E-state index in [1.54, 1.807) is 0 Å². The van der Waals surface area contributed by atoms with Crippen molar-refractivity contribution >= 4 is 10.9 Å². The number of fused-ring (bicyclic) bond motifs is 1. The number of aryl methyl sites for hydroxylation is 2. The van der Waals surface area contributed by atoms with Gasteiger partial charge in [0.2, 0.25) is 0 Å². The Morgan fingerprint density at radius 3 is 2.69 bits per heavy atom. The van der Waals surface area contributed by atoms with Crippen molar-refractivity contribution in [3.05, 3.63) is 35.5 Å². The van der Waals surface area contributed by atoms with Crippen LogP contribution in [0.15, 0.2) is 24.4 Å². The molecule has 13 heavy (non-hydrogen) atoms. The van der Waals surface area contributed by atoms with Crippen molar-refractivity contribution < 1.29 is 0 Å². The largest absolute Gasteiger partial charge is 0.361 e. The molecular weight excluding hydrogens is 158 g/mol. The van der Waals surface area contributed by atoms with Crippen LogP contribution in [-0.2, 0) is 12.8 Å². The maximum absolute atomic E-state index is 3.29. The first-order valence-corrected chi connectivity index (χ1v) is 4.94. The summed E-state index contributed by atoms with van der Waals surface area (Å²) in [5.41, 5.74) is 4.10. The number of rotatable bonds is 2. The first kappa shape index (κ1) is 8.36. The summed E-state index contributed by atoms with van der Waals surface area (Å²) in [7, 11) is 0. The SMILES string of the molecule is CCc1ccc2[nH]cc(CC)c2c1. The lowest BCUT2D eigenvalue weighted by Crippen LogP contribution is -1.80. The molecule has 0 fully saturated rings. The molecule has 0 amide bonds. The fourth-order valence-corrected chi connectivity index (χ4v) is 1.74. The Bertz CT molecular complexity index is 412. The molecule has 1 aromatic carbocycles. The van der Waals surface area contributed by atoms with Crippen LogP contribution >= 0.6 is 0 Å². The van der Waals surface area contributed by atoms with Crippen LogP contribution in [0.3, 0.4) is 0 Å². The van der Waals surface area contributed by atoms with E-state index < -0.39 is 0 Å². The predicted octanol–water partition coefficient (Wildman–Crippen LogP) is 3.29. The Labute approximate surface area is 78.8 Å². The van der Waals surface area contributed by atoms with Crippen LogP contribution in [-0.4, -0.2) is 4.98 Å². The molecule has 1 heteroatoms. The number of benzene rings is 1. The zero-order chi connectivity index (χ0) is 9.26. The zero-order valence-corrected chi connectivity index (χ0v) is 8.22. The highest BCUT2D eigenvalue weighted by atomic mass is 14.7. The van der Waals surface area contributed by atoms with Crippen molar-refractivity contribution in [2.75, 3.05) is 0 Å². The molecule has 0 aliphatic rings. The Balaban J connectivity index is 2.64. The van der Waals surface area contributed by atoms with Crippen LogP contribution in [0.4, 0.5) is 0 Å². The maximum atomic E-state index is 3.29. The van der Waals surface area contributed by atoms with E-state index in [4.69, 9.17) is 0 Å². The van der Waals surface area contributed by atoms with Crippen LogP contribution in [0, 0.1) is 0 Å². The van der Waals surface area contributed by atoms with E-state index in [-0.39, 0.29) is 0 Å². The number of nitrogens with one attached hydrogen (secondary N) is 1. The summed E-state index contributed by atoms with van der Waals surface area (Å²) in [6, 6.07) is 6.66. The van der Waals surface area contributed by atoms with Crippen LogP contribution in [0.1, 0.15) is 25.0 Å². The third kappa shape index (κ3) is 1.35. The van der Waals surface area contributed by atoms with E-state index in [2.05, 4.69) is 43.2 Å². The van der Waals surface area contributed by atoms with Gasteiger partial charge in [-0.15, -0.1) is 0 Å². The Hall–Kier alpha value is -1.24. The lowest BCUT2D eigenvalue weighted by molar-refractivity contribution is 1.14. The molecule has 0 radical (unpaired) electrons. The third-order valence-corrected chi connectivity index (χ3v) is 2.62. The number of aromatic nitrogens is 1. The van der Waals surface area contributed by atoms with Gasteiger partial charge in [-0.25, -0.2) is 0 Å². The fraction of sp³-hybridized carbons (Fsp3) is 0.333. The van der Waals surface area contributed by atoms with Crippen molar-refractivity contribution in [1.29, 1.82) is 0 Å². The van der Waals surface area contributed by atoms with Crippen LogP contribution in [0.5, 0.6) is 0 Å². The van der Waals surface area contributed by atoms with Gasteiger partial charge < -0.3 is 4.98 Å². The van der Waals surface area contributed by atoms with Gasteiger partial charge in [-0.3, -0.25) is 0 Å². The highest BCUT2D eigenvalue weighted by Crippen LogP contribution is 2.20. The van der Waals surface area contributed by atoms with E-state index in [9.17, 15) is 0 Å². The molecule has 0 bridgehead atoms. The average Bonchev–Trinajstić information content (AvgIpc) is 2.59. The van der Waals surface area contributed by atoms with E-state index in [0.717, 1.165) is 12.8 Å². The molecule has 68 valence electrons. The molecule has 0 aliphatic heterocycles. The minimum Gasteiger partial charge on any atom is -0.361 e. The summed E-state index contributed by atoms with van der Waals surface area (Å²) < 4.78 is 0. The lowest BCUT2D eigenvalue weighted by Gasteiger charge is -1.98. The molecular formula is C12H15N. The normalized spacial score (nSPS) is 10.9. The summed E-state index contributed by atoms with van der Waals surface area (Å²) in [6.45, 7) is 4.39. The Morgan fingerprint density at radius 1 is 1.15 bits per heavy atom. The molecule has 0 atom stereocenters. The van der Waals surface area contributed by atoms with Gasteiger partial charge in [0.05, 0.1) is 0 Å². The maximum Gasteiger partial charge on any atom is 0.0456 e. The molecule has 1 N–H and O–H groups in total. The minimum absolute atomic E-state index is 1.10. The summed E-state index contributed by atoms with van der Waals surface area (Å²) >= 11 is 0. The van der Waals surface area contributed by atoms with Crippen molar-refractivity contribution in [3.8, 4) is 0 Å². The van der Waals surface area contributed by atoms with Crippen molar-refractivity contribution in [1.82, 2.24) is 4.98 Å². The second-order valence-corrected chi connectivity index (χ2v) is 3.40. The highest BCUT2D eigenvalue weighted by Gasteiger charge is 2.01. The van der Waals surface area contributed by atoms with Gasteiger partial charge >= 0.3 is 0 Å². The van der Waals surface area contributed by atoms with Crippen LogP contribution in [0.25, 0.3) is 10.9 Å². The van der Waals surface area contributed by atoms with Crippen LogP contribution < -0.4 is 0 Å². The number of hydrogen-bond donors (Lipinski definition) is 1. The molecule has 2 aromatic rings. The molecule has 0 unspecified atom stereocenters. The quantitative estimate of drug-likeness (QED) is 0.717. The predicted molar refractivity (Wildman–Crippen MR) is 57.1 cm³/mol. The first-order valence-electron chi connectivity index (χ1n) is 4.94. The third-order valence-electron chi connectivity index (χ3n) is 2.62. The summed E-state index contributed by atoms with van der Waals surface area (Å²) in [5.74, 6) is 0. The van der Waals surface area contributed by atoms with Gasteiger partial charge in [-0.05, 0) is 36.1 Å². The summed E-state index contributed by atoms with van der Waals surface area (Å²) in [6.07, 6.45) is 4.33. The number of aromatic amines is 1. The van der Waals surface area contributed by atoms with Gasteiger partial charge in [0.1, 0.15) is 0 Å². The van der Waals surface area contributed by atoms with Crippen molar-refractivity contribution in [3.63, 3.8) is 0 Å². The molecule has 1 nitrogen and oxygen atoms in total. The lowest BCUT2D eigenvalue weighted by atomic mass is 10.1. The molecule has 0 saturated heterocycles. The molecule has 0 spiro atoms. The monoisotopic (exact) mass is 173 g/mol. The van der Waals surface area contributed by atoms with E-state index >= 15 is 0 Å². The summed E-state index contributed by atoms with van der Waals surface area (Å²) in [5, 5.41) is 1.39. The molecule has 0 saturated carbocycles. The Morgan fingerprint density at radius 2 is 2.00 bits per heavy atom. The molecule has 1 aromatic heterocycles. The Kier molecular flexibility index (Phi) is 2.09. The molecule has 1 heterocycles. The second kappa shape index (κ2) is 3.25. The van der Waals surface area contributed by atoms with Gasteiger partial charge in [0, 0.05) is 17.1 Å². The van der Waals surface area contributed by atoms with E-state index in [0.29, 0.717) is 0 Å². The van der Waals surface area contributed by atoms with Crippen molar-refractivity contribution in [2.24, 2.45) is 0 Å². The topological polar surface area (TPSA) is 15.8 Å². The van der Waals surface area contributed by atoms with Gasteiger partial charge in [0.15, 0.2) is 0 Å². The standard InChI is InChI=1S/C12H15N/c1-3-9-5-6-12-11(7-9)10(4-2)8-13-12/h5-8,13H,3-4H2,1-2H3. The second-order valence-electron chi connectivity index (χ2n) is 3.40. The summed E-state index contributed by atoms with van der Waals surface area (Å²) in [4.78, 5) is 3.29. The average molecular weight is 173 g/mol. The number of hydrogen-bond acceptors (Lipinski definition) is 0. The molecule has 2 rings (SSSR count). The van der Waals surface area contributed by atoms with Gasteiger partial charge in [0.25, 0.3) is 0 Å². The smallest absolute Gasteiger partial charge is 0.0456 e. The van der Waals surface area contributed by atoms with Crippen LogP contribution in [0.2, 0.25) is 0 Å². The zero-order valence-electron chi connectivity index (χ0n) is 8.22. The van der Waals surface area contributed by atoms with E-state index in [1.165, 1.54) is 22.0 Å². The highest BCUT2D eigenvalue weighted by molar-refractivity contribution is 5.83. The van der Waals surface area contributed by atoms with Gasteiger partial charge in [-0.2, -0.15) is 0 Å². The molecule has 0 aliphatic carbocycles. The first-order chi connectivity index (χ1) is 6.35. The van der Waals surface area contributed by atoms with E-state index in [1.807, 2.05) is 0 Å².